The first-order chi connectivity index (χ1) is 10.2. The number of likely N-dealkylation sites (tertiary alicyclic amines) is 1. The summed E-state index contributed by atoms with van der Waals surface area (Å²) in [7, 11) is 0. The van der Waals surface area contributed by atoms with Crippen LogP contribution in [0, 0.1) is 12.8 Å². The predicted molar refractivity (Wildman–Crippen MR) is 82.0 cm³/mol. The molecule has 5 nitrogen and oxygen atoms in total. The smallest absolute Gasteiger partial charge is 0.225 e. The van der Waals surface area contributed by atoms with Crippen molar-refractivity contribution < 1.29 is 4.79 Å². The van der Waals surface area contributed by atoms with Gasteiger partial charge in [0.2, 0.25) is 11.9 Å². The highest BCUT2D eigenvalue weighted by atomic mass is 16.2. The van der Waals surface area contributed by atoms with Crippen LogP contribution in [0.2, 0.25) is 0 Å². The Bertz CT molecular complexity index is 482. The van der Waals surface area contributed by atoms with Crippen molar-refractivity contribution in [3.05, 3.63) is 18.0 Å². The molecule has 1 saturated heterocycles. The highest BCUT2D eigenvalue weighted by molar-refractivity contribution is 5.79. The van der Waals surface area contributed by atoms with E-state index in [-0.39, 0.29) is 12.0 Å². The number of anilines is 1. The number of aromatic nitrogens is 2. The van der Waals surface area contributed by atoms with Gasteiger partial charge in [0.1, 0.15) is 0 Å². The van der Waals surface area contributed by atoms with Crippen LogP contribution in [0.3, 0.4) is 0 Å². The number of nitrogens with zero attached hydrogens (tertiary/aromatic N) is 3. The molecule has 0 spiro atoms. The number of hydrogen-bond donors (Lipinski definition) is 1. The molecular formula is C16H24N4O. The molecular weight excluding hydrogens is 264 g/mol. The molecule has 1 amide bonds. The van der Waals surface area contributed by atoms with E-state index in [4.69, 9.17) is 0 Å². The Morgan fingerprint density at radius 1 is 1.19 bits per heavy atom. The van der Waals surface area contributed by atoms with Gasteiger partial charge < -0.3 is 10.2 Å². The van der Waals surface area contributed by atoms with Crippen molar-refractivity contribution in [1.29, 1.82) is 0 Å². The van der Waals surface area contributed by atoms with Crippen LogP contribution in [0.15, 0.2) is 12.4 Å². The van der Waals surface area contributed by atoms with E-state index in [1.54, 1.807) is 0 Å². The summed E-state index contributed by atoms with van der Waals surface area (Å²) in [5.74, 6) is 1.30. The normalized spacial score (nSPS) is 23.3. The van der Waals surface area contributed by atoms with E-state index in [0.717, 1.165) is 37.9 Å². The number of carbonyl (C=O) groups excluding carboxylic acids is 1. The van der Waals surface area contributed by atoms with Crippen molar-refractivity contribution in [3.63, 3.8) is 0 Å². The Kier molecular flexibility index (Phi) is 4.36. The predicted octanol–water partition coefficient (Wildman–Crippen LogP) is 2.38. The van der Waals surface area contributed by atoms with E-state index >= 15 is 0 Å². The molecule has 1 aromatic heterocycles. The molecule has 21 heavy (non-hydrogen) atoms. The molecule has 2 heterocycles. The Hall–Kier alpha value is -1.65. The van der Waals surface area contributed by atoms with Crippen molar-refractivity contribution >= 4 is 11.9 Å². The fourth-order valence-electron chi connectivity index (χ4n) is 3.34. The lowest BCUT2D eigenvalue weighted by Crippen LogP contribution is -2.37. The van der Waals surface area contributed by atoms with Crippen LogP contribution in [0.4, 0.5) is 5.95 Å². The number of hydrogen-bond acceptors (Lipinski definition) is 4. The monoisotopic (exact) mass is 288 g/mol. The molecule has 1 atom stereocenters. The van der Waals surface area contributed by atoms with Crippen molar-refractivity contribution in [2.24, 2.45) is 5.92 Å². The minimum absolute atomic E-state index is 0.271. The maximum absolute atomic E-state index is 12.5. The molecule has 114 valence electrons. The van der Waals surface area contributed by atoms with Gasteiger partial charge in [0.25, 0.3) is 0 Å². The number of aryl methyl sites for hydroxylation is 1. The fourth-order valence-corrected chi connectivity index (χ4v) is 3.34. The van der Waals surface area contributed by atoms with Gasteiger partial charge in [0.15, 0.2) is 0 Å². The third-order valence-corrected chi connectivity index (χ3v) is 4.57. The minimum Gasteiger partial charge on any atom is -0.350 e. The van der Waals surface area contributed by atoms with Gasteiger partial charge in [-0.2, -0.15) is 0 Å². The summed E-state index contributed by atoms with van der Waals surface area (Å²) in [6.45, 7) is 3.62. The van der Waals surface area contributed by atoms with Crippen molar-refractivity contribution in [2.45, 2.75) is 51.5 Å². The first-order valence-corrected chi connectivity index (χ1v) is 8.06. The molecule has 0 aromatic carbocycles. The van der Waals surface area contributed by atoms with Gasteiger partial charge in [-0.05, 0) is 31.7 Å². The first kappa shape index (κ1) is 14.3. The molecule has 2 fully saturated rings. The van der Waals surface area contributed by atoms with Gasteiger partial charge in [-0.3, -0.25) is 4.79 Å². The molecule has 1 aliphatic heterocycles. The summed E-state index contributed by atoms with van der Waals surface area (Å²) < 4.78 is 0. The van der Waals surface area contributed by atoms with Gasteiger partial charge in [-0.25, -0.2) is 9.97 Å². The average molecular weight is 288 g/mol. The Morgan fingerprint density at radius 3 is 2.62 bits per heavy atom. The quantitative estimate of drug-likeness (QED) is 0.927. The molecule has 2 aliphatic rings. The Labute approximate surface area is 126 Å². The second-order valence-electron chi connectivity index (χ2n) is 6.33. The molecule has 1 N–H and O–H groups in total. The molecule has 1 saturated carbocycles. The van der Waals surface area contributed by atoms with Gasteiger partial charge in [0, 0.05) is 37.4 Å². The van der Waals surface area contributed by atoms with Crippen LogP contribution in [0.5, 0.6) is 0 Å². The molecule has 0 bridgehead atoms. The second-order valence-corrected chi connectivity index (χ2v) is 6.33. The third kappa shape index (κ3) is 3.52. The average Bonchev–Trinajstić information content (AvgIpc) is 2.98. The maximum Gasteiger partial charge on any atom is 0.225 e. The maximum atomic E-state index is 12.5. The van der Waals surface area contributed by atoms with Gasteiger partial charge in [-0.15, -0.1) is 0 Å². The highest BCUT2D eigenvalue weighted by Gasteiger charge is 2.31. The zero-order chi connectivity index (χ0) is 14.7. The molecule has 1 aromatic rings. The summed E-state index contributed by atoms with van der Waals surface area (Å²) in [4.78, 5) is 23.1. The van der Waals surface area contributed by atoms with Crippen molar-refractivity contribution in [3.8, 4) is 0 Å². The van der Waals surface area contributed by atoms with Crippen LogP contribution in [-0.4, -0.2) is 39.9 Å². The van der Waals surface area contributed by atoms with Crippen LogP contribution >= 0.6 is 0 Å². The first-order valence-electron chi connectivity index (χ1n) is 8.06. The van der Waals surface area contributed by atoms with Crippen LogP contribution in [0.25, 0.3) is 0 Å². The van der Waals surface area contributed by atoms with E-state index < -0.39 is 0 Å². The van der Waals surface area contributed by atoms with E-state index in [1.807, 2.05) is 24.2 Å². The fraction of sp³-hybridized carbons (Fsp3) is 0.688. The Morgan fingerprint density at radius 2 is 1.90 bits per heavy atom. The number of carbonyl (C=O) groups is 1. The molecule has 5 heteroatoms. The SMILES string of the molecule is Cc1cnc(NC2CCN(C(=O)C3CCCCC3)C2)nc1. The second kappa shape index (κ2) is 6.41. The lowest BCUT2D eigenvalue weighted by Gasteiger charge is -2.26. The van der Waals surface area contributed by atoms with Crippen molar-refractivity contribution in [1.82, 2.24) is 14.9 Å². The summed E-state index contributed by atoms with van der Waals surface area (Å²) in [5, 5.41) is 3.34. The molecule has 0 radical (unpaired) electrons. The van der Waals surface area contributed by atoms with Gasteiger partial charge in [-0.1, -0.05) is 19.3 Å². The summed E-state index contributed by atoms with van der Waals surface area (Å²) >= 11 is 0. The topological polar surface area (TPSA) is 58.1 Å². The van der Waals surface area contributed by atoms with E-state index in [2.05, 4.69) is 15.3 Å². The lowest BCUT2D eigenvalue weighted by atomic mass is 9.88. The summed E-state index contributed by atoms with van der Waals surface area (Å²) in [6, 6.07) is 0.278. The highest BCUT2D eigenvalue weighted by Crippen LogP contribution is 2.27. The van der Waals surface area contributed by atoms with Crippen LogP contribution in [0.1, 0.15) is 44.1 Å². The summed E-state index contributed by atoms with van der Waals surface area (Å²) in [6.07, 6.45) is 10.5. The van der Waals surface area contributed by atoms with E-state index in [0.29, 0.717) is 11.9 Å². The standard InChI is InChI=1S/C16H24N4O/c1-12-9-17-16(18-10-12)19-14-7-8-20(11-14)15(21)13-5-3-2-4-6-13/h9-10,13-14H,2-8,11H2,1H3,(H,17,18,19). The third-order valence-electron chi connectivity index (χ3n) is 4.57. The number of nitrogens with one attached hydrogen (secondary N) is 1. The zero-order valence-corrected chi connectivity index (χ0v) is 12.7. The van der Waals surface area contributed by atoms with E-state index in [1.165, 1.54) is 19.3 Å². The van der Waals surface area contributed by atoms with E-state index in [9.17, 15) is 4.79 Å². The Balaban J connectivity index is 1.52. The van der Waals surface area contributed by atoms with Crippen LogP contribution in [-0.2, 0) is 4.79 Å². The van der Waals surface area contributed by atoms with Gasteiger partial charge >= 0.3 is 0 Å². The lowest BCUT2D eigenvalue weighted by molar-refractivity contribution is -0.135. The van der Waals surface area contributed by atoms with Crippen molar-refractivity contribution in [2.75, 3.05) is 18.4 Å². The number of rotatable bonds is 3. The molecule has 1 aliphatic carbocycles. The molecule has 1 unspecified atom stereocenters. The zero-order valence-electron chi connectivity index (χ0n) is 12.7. The summed E-state index contributed by atoms with van der Waals surface area (Å²) in [5.41, 5.74) is 1.06. The largest absolute Gasteiger partial charge is 0.350 e. The van der Waals surface area contributed by atoms with Crippen LogP contribution < -0.4 is 5.32 Å². The number of amides is 1. The minimum atomic E-state index is 0.271. The molecule has 3 rings (SSSR count). The van der Waals surface area contributed by atoms with Gasteiger partial charge in [0.05, 0.1) is 0 Å².